The molecule has 0 unspecified atom stereocenters. The van der Waals surface area contributed by atoms with Gasteiger partial charge in [0, 0.05) is 24.8 Å². The Morgan fingerprint density at radius 3 is 2.81 bits per heavy atom. The van der Waals surface area contributed by atoms with Crippen molar-refractivity contribution in [2.45, 2.75) is 44.3 Å². The van der Waals surface area contributed by atoms with E-state index in [1.165, 1.54) is 5.56 Å². The van der Waals surface area contributed by atoms with Gasteiger partial charge in [0.15, 0.2) is 0 Å². The summed E-state index contributed by atoms with van der Waals surface area (Å²) in [6.45, 7) is 0.711. The van der Waals surface area contributed by atoms with Gasteiger partial charge >= 0.3 is 0 Å². The van der Waals surface area contributed by atoms with E-state index in [1.54, 1.807) is 11.3 Å². The van der Waals surface area contributed by atoms with Crippen molar-refractivity contribution in [3.8, 4) is 0 Å². The highest BCUT2D eigenvalue weighted by molar-refractivity contribution is 7.07. The summed E-state index contributed by atoms with van der Waals surface area (Å²) in [6, 6.07) is 4.82. The first-order valence-corrected chi connectivity index (χ1v) is 8.46. The smallest absolute Gasteiger partial charge is 0.271 e. The Hall–Kier alpha value is -1.75. The van der Waals surface area contributed by atoms with Crippen LogP contribution < -0.4 is 5.73 Å². The summed E-state index contributed by atoms with van der Waals surface area (Å²) in [5, 5.41) is 4.19. The Bertz CT molecular complexity index is 653. The van der Waals surface area contributed by atoms with Crippen LogP contribution in [-0.2, 0) is 6.54 Å². The number of nitrogens with two attached hydrogens (primary N) is 1. The second-order valence-electron chi connectivity index (χ2n) is 6.09. The van der Waals surface area contributed by atoms with Crippen molar-refractivity contribution < 1.29 is 4.79 Å². The summed E-state index contributed by atoms with van der Waals surface area (Å²) in [5.41, 5.74) is 8.59. The molecule has 2 aliphatic carbocycles. The van der Waals surface area contributed by atoms with Crippen LogP contribution in [-0.4, -0.2) is 21.4 Å². The first kappa shape index (κ1) is 13.0. The minimum Gasteiger partial charge on any atom is -0.397 e. The highest BCUT2D eigenvalue weighted by Crippen LogP contribution is 2.38. The topological polar surface area (TPSA) is 51.3 Å². The summed E-state index contributed by atoms with van der Waals surface area (Å²) < 4.78 is 2.08. The molecule has 0 aromatic carbocycles. The Labute approximate surface area is 128 Å². The van der Waals surface area contributed by atoms with Gasteiger partial charge in [0.2, 0.25) is 0 Å². The number of thiophene rings is 1. The fourth-order valence-corrected chi connectivity index (χ4v) is 3.47. The average Bonchev–Trinajstić information content (AvgIpc) is 3.40. The number of carbonyl (C=O) groups excluding carboxylic acids is 1. The molecular weight excluding hydrogens is 282 g/mol. The van der Waals surface area contributed by atoms with Crippen molar-refractivity contribution in [3.63, 3.8) is 0 Å². The molecule has 2 fully saturated rings. The van der Waals surface area contributed by atoms with Crippen LogP contribution in [0, 0.1) is 0 Å². The normalized spacial score (nSPS) is 17.9. The van der Waals surface area contributed by atoms with E-state index in [0.29, 0.717) is 24.3 Å². The van der Waals surface area contributed by atoms with Crippen LogP contribution >= 0.6 is 11.3 Å². The Balaban J connectivity index is 1.61. The quantitative estimate of drug-likeness (QED) is 0.921. The summed E-state index contributed by atoms with van der Waals surface area (Å²) in [6.07, 6.45) is 6.47. The van der Waals surface area contributed by atoms with Crippen LogP contribution in [0.2, 0.25) is 0 Å². The molecule has 2 N–H and O–H groups in total. The van der Waals surface area contributed by atoms with E-state index in [2.05, 4.69) is 21.4 Å². The monoisotopic (exact) mass is 301 g/mol. The van der Waals surface area contributed by atoms with Crippen LogP contribution in [0.5, 0.6) is 0 Å². The first-order valence-electron chi connectivity index (χ1n) is 7.52. The largest absolute Gasteiger partial charge is 0.397 e. The van der Waals surface area contributed by atoms with Gasteiger partial charge < -0.3 is 15.2 Å². The van der Waals surface area contributed by atoms with E-state index >= 15 is 0 Å². The van der Waals surface area contributed by atoms with Gasteiger partial charge in [-0.2, -0.15) is 11.3 Å². The van der Waals surface area contributed by atoms with Gasteiger partial charge in [-0.1, -0.05) is 0 Å². The molecule has 1 amide bonds. The molecule has 2 heterocycles. The lowest BCUT2D eigenvalue weighted by Crippen LogP contribution is -2.33. The Morgan fingerprint density at radius 1 is 1.38 bits per heavy atom. The molecule has 2 aromatic heterocycles. The molecule has 110 valence electrons. The van der Waals surface area contributed by atoms with Crippen LogP contribution in [0.1, 0.15) is 47.8 Å². The van der Waals surface area contributed by atoms with E-state index in [-0.39, 0.29) is 5.91 Å². The lowest BCUT2D eigenvalue weighted by atomic mass is 10.2. The van der Waals surface area contributed by atoms with E-state index in [1.807, 2.05) is 17.2 Å². The number of rotatable bonds is 5. The molecule has 0 aliphatic heterocycles. The highest BCUT2D eigenvalue weighted by Gasteiger charge is 2.36. The first-order chi connectivity index (χ1) is 10.2. The van der Waals surface area contributed by atoms with Crippen molar-refractivity contribution in [2.75, 3.05) is 5.73 Å². The van der Waals surface area contributed by atoms with Crippen molar-refractivity contribution in [2.24, 2.45) is 0 Å². The number of anilines is 1. The Kier molecular flexibility index (Phi) is 3.03. The van der Waals surface area contributed by atoms with Crippen LogP contribution in [0.4, 0.5) is 5.69 Å². The lowest BCUT2D eigenvalue weighted by Gasteiger charge is -2.22. The highest BCUT2D eigenvalue weighted by atomic mass is 32.1. The van der Waals surface area contributed by atoms with Crippen LogP contribution in [0.25, 0.3) is 0 Å². The van der Waals surface area contributed by atoms with Crippen LogP contribution in [0.3, 0.4) is 0 Å². The van der Waals surface area contributed by atoms with E-state index < -0.39 is 0 Å². The number of amides is 1. The number of aromatic nitrogens is 1. The van der Waals surface area contributed by atoms with E-state index in [4.69, 9.17) is 5.73 Å². The van der Waals surface area contributed by atoms with Crippen molar-refractivity contribution in [3.05, 3.63) is 40.3 Å². The molecule has 2 aromatic rings. The molecule has 5 heteroatoms. The molecule has 2 saturated carbocycles. The second kappa shape index (κ2) is 4.91. The fourth-order valence-electron chi connectivity index (χ4n) is 2.81. The number of nitrogens with zero attached hydrogens (tertiary/aromatic N) is 2. The van der Waals surface area contributed by atoms with Gasteiger partial charge in [0.1, 0.15) is 5.69 Å². The maximum absolute atomic E-state index is 13.0. The number of carbonyl (C=O) groups is 1. The van der Waals surface area contributed by atoms with Gasteiger partial charge in [-0.3, -0.25) is 4.79 Å². The standard InChI is InChI=1S/C16H19N3OS/c17-12-7-15(18(9-12)13-1-2-13)16(20)19(14-3-4-14)8-11-5-6-21-10-11/h5-7,9-10,13-14H,1-4,8,17H2. The molecule has 0 bridgehead atoms. The van der Waals surface area contributed by atoms with E-state index in [9.17, 15) is 4.79 Å². The maximum Gasteiger partial charge on any atom is 0.271 e. The summed E-state index contributed by atoms with van der Waals surface area (Å²) in [5.74, 6) is 0.132. The van der Waals surface area contributed by atoms with Gasteiger partial charge in [-0.25, -0.2) is 0 Å². The SMILES string of the molecule is Nc1cc(C(=O)N(Cc2ccsc2)C2CC2)n(C2CC2)c1. The van der Waals surface area contributed by atoms with Crippen molar-refractivity contribution in [1.29, 1.82) is 0 Å². The zero-order chi connectivity index (χ0) is 14.4. The molecule has 21 heavy (non-hydrogen) atoms. The minimum absolute atomic E-state index is 0.132. The second-order valence-corrected chi connectivity index (χ2v) is 6.87. The third-order valence-electron chi connectivity index (χ3n) is 4.21. The molecular formula is C16H19N3OS. The van der Waals surface area contributed by atoms with Crippen LogP contribution in [0.15, 0.2) is 29.1 Å². The number of nitrogen functional groups attached to an aromatic ring is 1. The maximum atomic E-state index is 13.0. The Morgan fingerprint density at radius 2 is 2.19 bits per heavy atom. The predicted molar refractivity (Wildman–Crippen MR) is 84.3 cm³/mol. The predicted octanol–water partition coefficient (Wildman–Crippen LogP) is 3.27. The van der Waals surface area contributed by atoms with Gasteiger partial charge in [-0.15, -0.1) is 0 Å². The molecule has 0 atom stereocenters. The molecule has 4 nitrogen and oxygen atoms in total. The lowest BCUT2D eigenvalue weighted by molar-refractivity contribution is 0.0719. The minimum atomic E-state index is 0.132. The molecule has 0 radical (unpaired) electrons. The molecule has 0 saturated heterocycles. The van der Waals surface area contributed by atoms with Gasteiger partial charge in [0.25, 0.3) is 5.91 Å². The fraction of sp³-hybridized carbons (Fsp3) is 0.438. The van der Waals surface area contributed by atoms with Crippen molar-refractivity contribution in [1.82, 2.24) is 9.47 Å². The van der Waals surface area contributed by atoms with Gasteiger partial charge in [-0.05, 0) is 54.1 Å². The van der Waals surface area contributed by atoms with E-state index in [0.717, 1.165) is 31.4 Å². The summed E-state index contributed by atoms with van der Waals surface area (Å²) in [4.78, 5) is 15.0. The third-order valence-corrected chi connectivity index (χ3v) is 4.94. The summed E-state index contributed by atoms with van der Waals surface area (Å²) >= 11 is 1.68. The number of hydrogen-bond acceptors (Lipinski definition) is 3. The zero-order valence-electron chi connectivity index (χ0n) is 11.9. The molecule has 2 aliphatic rings. The zero-order valence-corrected chi connectivity index (χ0v) is 12.7. The summed E-state index contributed by atoms with van der Waals surface area (Å²) in [7, 11) is 0. The average molecular weight is 301 g/mol. The molecule has 0 spiro atoms. The third kappa shape index (κ3) is 2.58. The molecule has 4 rings (SSSR count). The number of hydrogen-bond donors (Lipinski definition) is 1. The van der Waals surface area contributed by atoms with Gasteiger partial charge in [0.05, 0.1) is 5.69 Å². The van der Waals surface area contributed by atoms with Crippen molar-refractivity contribution >= 4 is 22.9 Å².